The predicted molar refractivity (Wildman–Crippen MR) is 98.8 cm³/mol. The first-order valence-corrected chi connectivity index (χ1v) is 8.34. The number of fused-ring (bicyclic) bond motifs is 1. The molecule has 1 atom stereocenters. The third-order valence-corrected chi connectivity index (χ3v) is 4.68. The standard InChI is InChI=1S/C20H25N3O/c1-13-9-18-19(10-14(13)2)23(15(3)12-21)20(22-18)11-16-5-7-17(24-4)8-6-16/h5-10,15H,11-12,21H2,1-4H3. The first-order chi connectivity index (χ1) is 11.5. The lowest BCUT2D eigenvalue weighted by Gasteiger charge is -2.16. The van der Waals surface area contributed by atoms with Crippen molar-refractivity contribution >= 4 is 11.0 Å². The lowest BCUT2D eigenvalue weighted by Crippen LogP contribution is -2.18. The first-order valence-electron chi connectivity index (χ1n) is 8.34. The summed E-state index contributed by atoms with van der Waals surface area (Å²) in [6, 6.07) is 12.8. The van der Waals surface area contributed by atoms with Gasteiger partial charge in [0, 0.05) is 19.0 Å². The van der Waals surface area contributed by atoms with Gasteiger partial charge in [-0.25, -0.2) is 4.98 Å². The molecule has 0 aliphatic heterocycles. The van der Waals surface area contributed by atoms with Gasteiger partial charge in [-0.05, 0) is 61.7 Å². The number of aryl methyl sites for hydroxylation is 2. The van der Waals surface area contributed by atoms with E-state index in [0.29, 0.717) is 6.54 Å². The van der Waals surface area contributed by atoms with Crippen LogP contribution in [0.4, 0.5) is 0 Å². The number of imidazole rings is 1. The number of hydrogen-bond donors (Lipinski definition) is 1. The molecule has 0 amide bonds. The fourth-order valence-electron chi connectivity index (χ4n) is 3.05. The normalized spacial score (nSPS) is 12.5. The molecule has 3 rings (SSSR count). The lowest BCUT2D eigenvalue weighted by molar-refractivity contribution is 0.414. The molecule has 0 spiro atoms. The molecule has 24 heavy (non-hydrogen) atoms. The zero-order chi connectivity index (χ0) is 17.3. The van der Waals surface area contributed by atoms with Crippen LogP contribution in [-0.2, 0) is 6.42 Å². The van der Waals surface area contributed by atoms with Gasteiger partial charge in [0.2, 0.25) is 0 Å². The number of rotatable bonds is 5. The summed E-state index contributed by atoms with van der Waals surface area (Å²) in [4.78, 5) is 4.90. The molecule has 2 aromatic carbocycles. The summed E-state index contributed by atoms with van der Waals surface area (Å²) in [6.45, 7) is 7.01. The fourth-order valence-corrected chi connectivity index (χ4v) is 3.05. The van der Waals surface area contributed by atoms with E-state index < -0.39 is 0 Å². The average Bonchev–Trinajstić information content (AvgIpc) is 2.92. The van der Waals surface area contributed by atoms with Crippen molar-refractivity contribution in [1.82, 2.24) is 9.55 Å². The van der Waals surface area contributed by atoms with E-state index in [1.165, 1.54) is 22.2 Å². The summed E-state index contributed by atoms with van der Waals surface area (Å²) < 4.78 is 7.52. The predicted octanol–water partition coefficient (Wildman–Crippen LogP) is 3.77. The number of nitrogens with two attached hydrogens (primary N) is 1. The van der Waals surface area contributed by atoms with E-state index in [1.54, 1.807) is 7.11 Å². The molecule has 3 aromatic rings. The lowest BCUT2D eigenvalue weighted by atomic mass is 10.1. The van der Waals surface area contributed by atoms with E-state index in [2.05, 4.69) is 49.6 Å². The third kappa shape index (κ3) is 3.02. The van der Waals surface area contributed by atoms with Crippen LogP contribution in [0.2, 0.25) is 0 Å². The molecular weight excluding hydrogens is 298 g/mol. The molecule has 0 radical (unpaired) electrons. The Bertz CT molecular complexity index is 849. The second-order valence-corrected chi connectivity index (χ2v) is 6.43. The van der Waals surface area contributed by atoms with Crippen LogP contribution in [0.15, 0.2) is 36.4 Å². The Labute approximate surface area is 143 Å². The SMILES string of the molecule is COc1ccc(Cc2nc3cc(C)c(C)cc3n2C(C)CN)cc1. The zero-order valence-corrected chi connectivity index (χ0v) is 14.8. The van der Waals surface area contributed by atoms with Gasteiger partial charge >= 0.3 is 0 Å². The van der Waals surface area contributed by atoms with Crippen LogP contribution in [0.3, 0.4) is 0 Å². The number of methoxy groups -OCH3 is 1. The summed E-state index contributed by atoms with van der Waals surface area (Å²) in [5.41, 5.74) is 11.9. The van der Waals surface area contributed by atoms with Crippen LogP contribution in [0.1, 0.15) is 35.5 Å². The average molecular weight is 323 g/mol. The molecule has 2 N–H and O–H groups in total. The molecule has 0 saturated heterocycles. The van der Waals surface area contributed by atoms with Crippen LogP contribution in [0.5, 0.6) is 5.75 Å². The first kappa shape index (κ1) is 16.5. The van der Waals surface area contributed by atoms with Gasteiger partial charge in [0.05, 0.1) is 18.1 Å². The molecule has 0 aliphatic carbocycles. The van der Waals surface area contributed by atoms with Gasteiger partial charge in [0.15, 0.2) is 0 Å². The van der Waals surface area contributed by atoms with Gasteiger partial charge in [0.25, 0.3) is 0 Å². The monoisotopic (exact) mass is 323 g/mol. The maximum absolute atomic E-state index is 5.96. The van der Waals surface area contributed by atoms with E-state index in [9.17, 15) is 0 Å². The van der Waals surface area contributed by atoms with Crippen molar-refractivity contribution in [2.75, 3.05) is 13.7 Å². The van der Waals surface area contributed by atoms with E-state index in [-0.39, 0.29) is 6.04 Å². The minimum absolute atomic E-state index is 0.213. The Kier molecular flexibility index (Phi) is 4.58. The van der Waals surface area contributed by atoms with E-state index in [4.69, 9.17) is 15.5 Å². The molecule has 4 nitrogen and oxygen atoms in total. The van der Waals surface area contributed by atoms with Crippen LogP contribution in [-0.4, -0.2) is 23.2 Å². The van der Waals surface area contributed by atoms with Crippen LogP contribution in [0, 0.1) is 13.8 Å². The summed E-state index contributed by atoms with van der Waals surface area (Å²) in [5, 5.41) is 0. The van der Waals surface area contributed by atoms with Crippen molar-refractivity contribution in [3.63, 3.8) is 0 Å². The Hall–Kier alpha value is -2.33. The maximum atomic E-state index is 5.96. The number of benzene rings is 2. The second kappa shape index (κ2) is 6.65. The molecule has 126 valence electrons. The summed E-state index contributed by atoms with van der Waals surface area (Å²) in [7, 11) is 1.68. The molecule has 4 heteroatoms. The minimum Gasteiger partial charge on any atom is -0.497 e. The molecule has 1 aromatic heterocycles. The van der Waals surface area contributed by atoms with Crippen molar-refractivity contribution in [3.8, 4) is 5.75 Å². The number of nitrogens with zero attached hydrogens (tertiary/aromatic N) is 2. The molecular formula is C20H25N3O. The van der Waals surface area contributed by atoms with Crippen molar-refractivity contribution < 1.29 is 4.74 Å². The summed E-state index contributed by atoms with van der Waals surface area (Å²) in [6.07, 6.45) is 0.779. The van der Waals surface area contributed by atoms with Gasteiger partial charge in [-0.1, -0.05) is 12.1 Å². The second-order valence-electron chi connectivity index (χ2n) is 6.43. The smallest absolute Gasteiger partial charge is 0.118 e. The molecule has 0 bridgehead atoms. The van der Waals surface area contributed by atoms with Crippen LogP contribution in [0.25, 0.3) is 11.0 Å². The van der Waals surface area contributed by atoms with Crippen molar-refractivity contribution in [2.24, 2.45) is 5.73 Å². The Morgan fingerprint density at radius 1 is 1.12 bits per heavy atom. The quantitative estimate of drug-likeness (QED) is 0.777. The van der Waals surface area contributed by atoms with Crippen molar-refractivity contribution in [1.29, 1.82) is 0 Å². The molecule has 0 saturated carbocycles. The number of aromatic nitrogens is 2. The molecule has 1 heterocycles. The number of ether oxygens (including phenoxy) is 1. The molecule has 0 fully saturated rings. The Morgan fingerprint density at radius 2 is 1.79 bits per heavy atom. The highest BCUT2D eigenvalue weighted by molar-refractivity contribution is 5.78. The van der Waals surface area contributed by atoms with E-state index in [0.717, 1.165) is 23.5 Å². The summed E-state index contributed by atoms with van der Waals surface area (Å²) >= 11 is 0. The fraction of sp³-hybridized carbons (Fsp3) is 0.350. The van der Waals surface area contributed by atoms with Crippen molar-refractivity contribution in [3.05, 3.63) is 58.9 Å². The van der Waals surface area contributed by atoms with Crippen LogP contribution < -0.4 is 10.5 Å². The van der Waals surface area contributed by atoms with Gasteiger partial charge in [-0.3, -0.25) is 0 Å². The van der Waals surface area contributed by atoms with Crippen LogP contribution >= 0.6 is 0 Å². The molecule has 1 unspecified atom stereocenters. The third-order valence-electron chi connectivity index (χ3n) is 4.68. The molecule has 0 aliphatic rings. The van der Waals surface area contributed by atoms with Gasteiger partial charge in [-0.15, -0.1) is 0 Å². The maximum Gasteiger partial charge on any atom is 0.118 e. The zero-order valence-electron chi connectivity index (χ0n) is 14.8. The topological polar surface area (TPSA) is 53.1 Å². The Morgan fingerprint density at radius 3 is 2.42 bits per heavy atom. The number of hydrogen-bond acceptors (Lipinski definition) is 3. The highest BCUT2D eigenvalue weighted by Gasteiger charge is 2.16. The van der Waals surface area contributed by atoms with Gasteiger partial charge in [-0.2, -0.15) is 0 Å². The van der Waals surface area contributed by atoms with Gasteiger partial charge < -0.3 is 15.0 Å². The largest absolute Gasteiger partial charge is 0.497 e. The van der Waals surface area contributed by atoms with E-state index >= 15 is 0 Å². The van der Waals surface area contributed by atoms with Crippen molar-refractivity contribution in [2.45, 2.75) is 33.2 Å². The minimum atomic E-state index is 0.213. The Balaban J connectivity index is 2.08. The van der Waals surface area contributed by atoms with Gasteiger partial charge in [0.1, 0.15) is 11.6 Å². The highest BCUT2D eigenvalue weighted by atomic mass is 16.5. The summed E-state index contributed by atoms with van der Waals surface area (Å²) in [5.74, 6) is 1.92. The van der Waals surface area contributed by atoms with E-state index in [1.807, 2.05) is 12.1 Å². The highest BCUT2D eigenvalue weighted by Crippen LogP contribution is 2.26.